The zero-order valence-corrected chi connectivity index (χ0v) is 10.9. The normalized spacial score (nSPS) is 10.9. The van der Waals surface area contributed by atoms with E-state index in [4.69, 9.17) is 0 Å². The molecule has 1 amide bonds. The van der Waals surface area contributed by atoms with Crippen molar-refractivity contribution >= 4 is 11.6 Å². The highest BCUT2D eigenvalue weighted by Crippen LogP contribution is 2.22. The number of nitrogens with zero attached hydrogens (tertiary/aromatic N) is 4. The Hall–Kier alpha value is -2.18. The molecule has 0 unspecified atom stereocenters. The van der Waals surface area contributed by atoms with Gasteiger partial charge in [0.1, 0.15) is 5.82 Å². The van der Waals surface area contributed by atoms with E-state index in [1.807, 2.05) is 20.9 Å². The average Bonchev–Trinajstić information content (AvgIpc) is 2.85. The first-order valence-electron chi connectivity index (χ1n) is 5.71. The van der Waals surface area contributed by atoms with Crippen molar-refractivity contribution < 1.29 is 4.79 Å². The van der Waals surface area contributed by atoms with Crippen molar-refractivity contribution in [3.8, 4) is 0 Å². The van der Waals surface area contributed by atoms with Gasteiger partial charge in [0.25, 0.3) is 5.91 Å². The van der Waals surface area contributed by atoms with Gasteiger partial charge in [0.05, 0.1) is 11.4 Å². The Balaban J connectivity index is 2.21. The van der Waals surface area contributed by atoms with E-state index in [2.05, 4.69) is 25.6 Å². The predicted octanol–water partition coefficient (Wildman–Crippen LogP) is 1.22. The average molecular weight is 248 g/mol. The Kier molecular flexibility index (Phi) is 3.14. The van der Waals surface area contributed by atoms with Crippen LogP contribution in [0.3, 0.4) is 0 Å². The number of rotatable bonds is 3. The van der Waals surface area contributed by atoms with Crippen LogP contribution < -0.4 is 5.32 Å². The molecular weight excluding hydrogens is 232 g/mol. The largest absolute Gasteiger partial charge is 0.316 e. The van der Waals surface area contributed by atoms with Crippen molar-refractivity contribution in [2.24, 2.45) is 7.05 Å². The first-order valence-corrected chi connectivity index (χ1v) is 5.71. The van der Waals surface area contributed by atoms with Crippen molar-refractivity contribution in [3.05, 3.63) is 23.5 Å². The third-order valence-corrected chi connectivity index (χ3v) is 2.45. The lowest BCUT2D eigenvalue weighted by Gasteiger charge is -2.05. The summed E-state index contributed by atoms with van der Waals surface area (Å²) in [6.45, 7) is 5.79. The number of aromatic amines is 1. The van der Waals surface area contributed by atoms with Gasteiger partial charge < -0.3 is 5.32 Å². The Morgan fingerprint density at radius 1 is 1.50 bits per heavy atom. The van der Waals surface area contributed by atoms with E-state index in [1.165, 1.54) is 0 Å². The van der Waals surface area contributed by atoms with Gasteiger partial charge in [-0.15, -0.1) is 5.10 Å². The molecule has 2 rings (SSSR count). The highest BCUT2D eigenvalue weighted by atomic mass is 16.2. The second-order valence-corrected chi connectivity index (χ2v) is 4.45. The second-order valence-electron chi connectivity index (χ2n) is 4.45. The van der Waals surface area contributed by atoms with Crippen LogP contribution >= 0.6 is 0 Å². The molecular formula is C11H16N6O. The van der Waals surface area contributed by atoms with Crippen molar-refractivity contribution in [1.29, 1.82) is 0 Å². The van der Waals surface area contributed by atoms with Crippen LogP contribution in [-0.2, 0) is 7.05 Å². The number of hydrogen-bond donors (Lipinski definition) is 2. The lowest BCUT2D eigenvalue weighted by Crippen LogP contribution is -2.14. The minimum Gasteiger partial charge on any atom is -0.316 e. The lowest BCUT2D eigenvalue weighted by molar-refractivity contribution is 0.101. The highest BCUT2D eigenvalue weighted by molar-refractivity contribution is 6.01. The molecule has 0 aromatic carbocycles. The SMILES string of the molecule is Cc1nc(C(=O)Nc2cn(C)nc2C(C)C)n[nH]1. The summed E-state index contributed by atoms with van der Waals surface area (Å²) in [5.74, 6) is 0.631. The Labute approximate surface area is 105 Å². The second kappa shape index (κ2) is 4.59. The molecule has 2 aromatic heterocycles. The number of amides is 1. The number of carbonyl (C=O) groups excluding carboxylic acids is 1. The summed E-state index contributed by atoms with van der Waals surface area (Å²) in [5.41, 5.74) is 1.54. The van der Waals surface area contributed by atoms with Gasteiger partial charge in [0.15, 0.2) is 0 Å². The molecule has 7 heteroatoms. The summed E-state index contributed by atoms with van der Waals surface area (Å²) in [6, 6.07) is 0. The van der Waals surface area contributed by atoms with E-state index < -0.39 is 0 Å². The quantitative estimate of drug-likeness (QED) is 0.854. The molecule has 96 valence electrons. The predicted molar refractivity (Wildman–Crippen MR) is 66.4 cm³/mol. The van der Waals surface area contributed by atoms with Crippen LogP contribution in [0.25, 0.3) is 0 Å². The van der Waals surface area contributed by atoms with Crippen LogP contribution in [0.4, 0.5) is 5.69 Å². The monoisotopic (exact) mass is 248 g/mol. The third-order valence-electron chi connectivity index (χ3n) is 2.45. The molecule has 18 heavy (non-hydrogen) atoms. The van der Waals surface area contributed by atoms with Gasteiger partial charge >= 0.3 is 0 Å². The molecule has 0 fully saturated rings. The Morgan fingerprint density at radius 2 is 2.22 bits per heavy atom. The van der Waals surface area contributed by atoms with E-state index in [0.717, 1.165) is 5.69 Å². The number of aromatic nitrogens is 5. The topological polar surface area (TPSA) is 88.5 Å². The van der Waals surface area contributed by atoms with E-state index in [9.17, 15) is 4.79 Å². The van der Waals surface area contributed by atoms with Gasteiger partial charge in [0.2, 0.25) is 5.82 Å². The van der Waals surface area contributed by atoms with Gasteiger partial charge in [-0.3, -0.25) is 14.6 Å². The summed E-state index contributed by atoms with van der Waals surface area (Å²) in [6.07, 6.45) is 1.77. The maximum atomic E-state index is 11.9. The lowest BCUT2D eigenvalue weighted by atomic mass is 10.1. The first kappa shape index (κ1) is 12.3. The summed E-state index contributed by atoms with van der Waals surface area (Å²) in [5, 5.41) is 13.5. The van der Waals surface area contributed by atoms with Crippen LogP contribution in [-0.4, -0.2) is 30.9 Å². The van der Waals surface area contributed by atoms with E-state index in [1.54, 1.807) is 17.8 Å². The molecule has 0 atom stereocenters. The summed E-state index contributed by atoms with van der Waals surface area (Å²) >= 11 is 0. The molecule has 0 aliphatic carbocycles. The van der Waals surface area contributed by atoms with Crippen molar-refractivity contribution in [1.82, 2.24) is 25.0 Å². The van der Waals surface area contributed by atoms with Gasteiger partial charge in [0, 0.05) is 13.2 Å². The van der Waals surface area contributed by atoms with Gasteiger partial charge in [-0.1, -0.05) is 13.8 Å². The van der Waals surface area contributed by atoms with Gasteiger partial charge in [-0.05, 0) is 12.8 Å². The molecule has 0 saturated carbocycles. The molecule has 0 radical (unpaired) electrons. The van der Waals surface area contributed by atoms with Crippen LogP contribution in [0.2, 0.25) is 0 Å². The number of anilines is 1. The first-order chi connectivity index (χ1) is 8.47. The van der Waals surface area contributed by atoms with Crippen molar-refractivity contribution in [2.45, 2.75) is 26.7 Å². The van der Waals surface area contributed by atoms with Crippen molar-refractivity contribution in [3.63, 3.8) is 0 Å². The Morgan fingerprint density at radius 3 is 2.78 bits per heavy atom. The molecule has 0 aliphatic rings. The van der Waals surface area contributed by atoms with E-state index in [-0.39, 0.29) is 17.6 Å². The minimum absolute atomic E-state index is 0.131. The molecule has 0 saturated heterocycles. The van der Waals surface area contributed by atoms with Crippen LogP contribution in [0.5, 0.6) is 0 Å². The molecule has 2 aromatic rings. The van der Waals surface area contributed by atoms with Crippen LogP contribution in [0, 0.1) is 6.92 Å². The van der Waals surface area contributed by atoms with Gasteiger partial charge in [-0.2, -0.15) is 5.10 Å². The van der Waals surface area contributed by atoms with E-state index in [0.29, 0.717) is 11.5 Å². The molecule has 0 bridgehead atoms. The fourth-order valence-electron chi connectivity index (χ4n) is 1.65. The maximum absolute atomic E-state index is 11.9. The fraction of sp³-hybridized carbons (Fsp3) is 0.455. The molecule has 2 heterocycles. The van der Waals surface area contributed by atoms with Crippen LogP contribution in [0.1, 0.15) is 41.9 Å². The number of aryl methyl sites for hydroxylation is 2. The zero-order chi connectivity index (χ0) is 13.3. The molecule has 0 spiro atoms. The fourth-order valence-corrected chi connectivity index (χ4v) is 1.65. The molecule has 7 nitrogen and oxygen atoms in total. The van der Waals surface area contributed by atoms with Gasteiger partial charge in [-0.25, -0.2) is 4.98 Å². The standard InChI is InChI=1S/C11H16N6O/c1-6(2)9-8(5-17(4)16-9)13-11(18)10-12-7(3)14-15-10/h5-6H,1-4H3,(H,13,18)(H,12,14,15). The number of H-pyrrole nitrogens is 1. The minimum atomic E-state index is -0.339. The molecule has 0 aliphatic heterocycles. The Bertz CT molecular complexity index is 568. The van der Waals surface area contributed by atoms with Crippen molar-refractivity contribution in [2.75, 3.05) is 5.32 Å². The maximum Gasteiger partial charge on any atom is 0.295 e. The van der Waals surface area contributed by atoms with E-state index >= 15 is 0 Å². The number of nitrogens with one attached hydrogen (secondary N) is 2. The van der Waals surface area contributed by atoms with Crippen LogP contribution in [0.15, 0.2) is 6.20 Å². The summed E-state index contributed by atoms with van der Waals surface area (Å²) < 4.78 is 1.67. The highest BCUT2D eigenvalue weighted by Gasteiger charge is 2.17. The summed E-state index contributed by atoms with van der Waals surface area (Å²) in [4.78, 5) is 15.9. The zero-order valence-electron chi connectivity index (χ0n) is 10.9. The number of hydrogen-bond acceptors (Lipinski definition) is 4. The molecule has 2 N–H and O–H groups in total. The summed E-state index contributed by atoms with van der Waals surface area (Å²) in [7, 11) is 1.82. The third kappa shape index (κ3) is 2.39. The smallest absolute Gasteiger partial charge is 0.295 e. The number of carbonyl (C=O) groups is 1.